The highest BCUT2D eigenvalue weighted by Gasteiger charge is 2.09. The molecule has 1 rings (SSSR count). The Morgan fingerprint density at radius 3 is 3.06 bits per heavy atom. The van der Waals surface area contributed by atoms with Crippen molar-refractivity contribution in [3.63, 3.8) is 0 Å². The first kappa shape index (κ1) is 13.6. The predicted octanol–water partition coefficient (Wildman–Crippen LogP) is 0.138. The average molecular weight is 238 g/mol. The van der Waals surface area contributed by atoms with Crippen LogP contribution in [0.25, 0.3) is 0 Å². The SMILES string of the molecule is COC(=O)CC(O)CNCCc1ccccn1. The number of esters is 1. The van der Waals surface area contributed by atoms with Gasteiger partial charge >= 0.3 is 5.97 Å². The molecule has 0 saturated heterocycles. The lowest BCUT2D eigenvalue weighted by Gasteiger charge is -2.10. The number of carbonyl (C=O) groups excluding carboxylic acids is 1. The summed E-state index contributed by atoms with van der Waals surface area (Å²) in [6.45, 7) is 1.09. The molecule has 0 aliphatic carbocycles. The summed E-state index contributed by atoms with van der Waals surface area (Å²) in [6.07, 6.45) is 1.87. The van der Waals surface area contributed by atoms with E-state index in [0.717, 1.165) is 18.7 Å². The minimum absolute atomic E-state index is 0.0209. The first-order valence-electron chi connectivity index (χ1n) is 5.58. The van der Waals surface area contributed by atoms with E-state index in [0.29, 0.717) is 6.54 Å². The maximum atomic E-state index is 10.9. The zero-order valence-corrected chi connectivity index (χ0v) is 9.93. The Morgan fingerprint density at radius 1 is 1.59 bits per heavy atom. The fourth-order valence-corrected chi connectivity index (χ4v) is 1.38. The van der Waals surface area contributed by atoms with Gasteiger partial charge in [-0.1, -0.05) is 6.07 Å². The smallest absolute Gasteiger partial charge is 0.308 e. The normalized spacial score (nSPS) is 12.1. The van der Waals surface area contributed by atoms with E-state index in [-0.39, 0.29) is 6.42 Å². The standard InChI is InChI=1S/C12H18N2O3/c1-17-12(16)8-11(15)9-13-7-5-10-4-2-3-6-14-10/h2-4,6,11,13,15H,5,7-9H2,1H3. The third kappa shape index (κ3) is 5.99. The summed E-state index contributed by atoms with van der Waals surface area (Å²) in [7, 11) is 1.31. The fourth-order valence-electron chi connectivity index (χ4n) is 1.38. The molecule has 1 unspecified atom stereocenters. The average Bonchev–Trinajstić information content (AvgIpc) is 2.36. The van der Waals surface area contributed by atoms with Crippen LogP contribution < -0.4 is 5.32 Å². The van der Waals surface area contributed by atoms with Crippen LogP contribution in [0.2, 0.25) is 0 Å². The van der Waals surface area contributed by atoms with Crippen molar-refractivity contribution in [3.8, 4) is 0 Å². The quantitative estimate of drug-likeness (QED) is 0.522. The van der Waals surface area contributed by atoms with Crippen molar-refractivity contribution in [1.29, 1.82) is 0 Å². The van der Waals surface area contributed by atoms with Crippen LogP contribution in [-0.4, -0.2) is 42.4 Å². The van der Waals surface area contributed by atoms with Crippen LogP contribution in [0, 0.1) is 0 Å². The van der Waals surface area contributed by atoms with Gasteiger partial charge in [0.2, 0.25) is 0 Å². The number of aliphatic hydroxyl groups is 1. The fraction of sp³-hybridized carbons (Fsp3) is 0.500. The number of hydrogen-bond donors (Lipinski definition) is 2. The lowest BCUT2D eigenvalue weighted by molar-refractivity contribution is -0.142. The molecule has 0 spiro atoms. The molecule has 2 N–H and O–H groups in total. The first-order valence-corrected chi connectivity index (χ1v) is 5.58. The second kappa shape index (κ2) is 7.76. The van der Waals surface area contributed by atoms with Crippen LogP contribution in [0.5, 0.6) is 0 Å². The molecule has 0 amide bonds. The molecule has 0 fully saturated rings. The van der Waals surface area contributed by atoms with Gasteiger partial charge in [-0.15, -0.1) is 0 Å². The molecule has 1 heterocycles. The summed E-state index contributed by atoms with van der Waals surface area (Å²) < 4.78 is 4.46. The highest BCUT2D eigenvalue weighted by molar-refractivity contribution is 5.69. The molecule has 0 aliphatic heterocycles. The van der Waals surface area contributed by atoms with Crippen molar-refractivity contribution >= 4 is 5.97 Å². The molecule has 5 heteroatoms. The molecule has 0 aliphatic rings. The summed E-state index contributed by atoms with van der Waals surface area (Å²) in [5, 5.41) is 12.5. The van der Waals surface area contributed by atoms with Crippen LogP contribution >= 0.6 is 0 Å². The number of nitrogens with one attached hydrogen (secondary N) is 1. The second-order valence-corrected chi connectivity index (χ2v) is 3.71. The molecule has 1 aromatic rings. The summed E-state index contributed by atoms with van der Waals surface area (Å²) in [5.74, 6) is -0.399. The van der Waals surface area contributed by atoms with Gasteiger partial charge in [-0.05, 0) is 12.1 Å². The van der Waals surface area contributed by atoms with Gasteiger partial charge in [-0.25, -0.2) is 0 Å². The second-order valence-electron chi connectivity index (χ2n) is 3.71. The van der Waals surface area contributed by atoms with Gasteiger partial charge < -0.3 is 15.2 Å². The van der Waals surface area contributed by atoms with E-state index in [4.69, 9.17) is 0 Å². The van der Waals surface area contributed by atoms with Crippen molar-refractivity contribution in [2.45, 2.75) is 18.9 Å². The molecule has 0 aromatic carbocycles. The maximum Gasteiger partial charge on any atom is 0.308 e. The van der Waals surface area contributed by atoms with Crippen LogP contribution in [-0.2, 0) is 16.0 Å². The first-order chi connectivity index (χ1) is 8.22. The zero-order chi connectivity index (χ0) is 12.5. The van der Waals surface area contributed by atoms with Crippen LogP contribution in [0.1, 0.15) is 12.1 Å². The Bertz CT molecular complexity index is 330. The highest BCUT2D eigenvalue weighted by Crippen LogP contribution is 1.95. The molecule has 0 saturated carbocycles. The Kier molecular flexibility index (Phi) is 6.21. The van der Waals surface area contributed by atoms with Crippen LogP contribution in [0.15, 0.2) is 24.4 Å². The van der Waals surface area contributed by atoms with Gasteiger partial charge in [-0.3, -0.25) is 9.78 Å². The number of methoxy groups -OCH3 is 1. The van der Waals surface area contributed by atoms with Crippen molar-refractivity contribution in [2.75, 3.05) is 20.2 Å². The monoisotopic (exact) mass is 238 g/mol. The summed E-state index contributed by atoms with van der Waals surface area (Å²) in [5.41, 5.74) is 1.00. The molecule has 5 nitrogen and oxygen atoms in total. The lowest BCUT2D eigenvalue weighted by Crippen LogP contribution is -2.30. The Hall–Kier alpha value is -1.46. The molecule has 0 bridgehead atoms. The molecule has 1 aromatic heterocycles. The van der Waals surface area contributed by atoms with E-state index in [2.05, 4.69) is 15.0 Å². The van der Waals surface area contributed by atoms with E-state index in [1.165, 1.54) is 7.11 Å². The molecule has 1 atom stereocenters. The summed E-state index contributed by atoms with van der Waals surface area (Å²) in [4.78, 5) is 15.0. The highest BCUT2D eigenvalue weighted by atomic mass is 16.5. The minimum atomic E-state index is -0.703. The lowest BCUT2D eigenvalue weighted by atomic mass is 10.2. The van der Waals surface area contributed by atoms with Crippen LogP contribution in [0.3, 0.4) is 0 Å². The number of aliphatic hydroxyl groups excluding tert-OH is 1. The van der Waals surface area contributed by atoms with Gasteiger partial charge in [-0.2, -0.15) is 0 Å². The summed E-state index contributed by atoms with van der Waals surface area (Å²) >= 11 is 0. The van der Waals surface area contributed by atoms with E-state index >= 15 is 0 Å². The van der Waals surface area contributed by atoms with E-state index in [1.807, 2.05) is 18.2 Å². The zero-order valence-electron chi connectivity index (χ0n) is 9.93. The maximum absolute atomic E-state index is 10.9. The van der Waals surface area contributed by atoms with Crippen molar-refractivity contribution in [3.05, 3.63) is 30.1 Å². The summed E-state index contributed by atoms with van der Waals surface area (Å²) in [6, 6.07) is 5.76. The molecule has 94 valence electrons. The predicted molar refractivity (Wildman–Crippen MR) is 63.5 cm³/mol. The van der Waals surface area contributed by atoms with Crippen molar-refractivity contribution in [2.24, 2.45) is 0 Å². The number of pyridine rings is 1. The third-order valence-corrected chi connectivity index (χ3v) is 2.29. The van der Waals surface area contributed by atoms with Crippen molar-refractivity contribution < 1.29 is 14.6 Å². The van der Waals surface area contributed by atoms with E-state index < -0.39 is 12.1 Å². The molecular weight excluding hydrogens is 220 g/mol. The number of nitrogens with zero attached hydrogens (tertiary/aromatic N) is 1. The van der Waals surface area contributed by atoms with E-state index in [1.54, 1.807) is 6.20 Å². The number of aromatic nitrogens is 1. The molecule has 17 heavy (non-hydrogen) atoms. The number of ether oxygens (including phenoxy) is 1. The number of carbonyl (C=O) groups is 1. The van der Waals surface area contributed by atoms with Crippen LogP contribution in [0.4, 0.5) is 0 Å². The largest absolute Gasteiger partial charge is 0.469 e. The minimum Gasteiger partial charge on any atom is -0.469 e. The molecular formula is C12H18N2O3. The van der Waals surface area contributed by atoms with Gasteiger partial charge in [0.05, 0.1) is 19.6 Å². The Morgan fingerprint density at radius 2 is 2.41 bits per heavy atom. The van der Waals surface area contributed by atoms with Gasteiger partial charge in [0.1, 0.15) is 0 Å². The third-order valence-electron chi connectivity index (χ3n) is 2.29. The Labute approximate surface area is 101 Å². The topological polar surface area (TPSA) is 71.5 Å². The number of rotatable bonds is 7. The number of hydrogen-bond acceptors (Lipinski definition) is 5. The van der Waals surface area contributed by atoms with E-state index in [9.17, 15) is 9.90 Å². The van der Waals surface area contributed by atoms with Gasteiger partial charge in [0.15, 0.2) is 0 Å². The Balaban J connectivity index is 2.10. The van der Waals surface area contributed by atoms with Gasteiger partial charge in [0.25, 0.3) is 0 Å². The molecule has 0 radical (unpaired) electrons. The van der Waals surface area contributed by atoms with Crippen molar-refractivity contribution in [1.82, 2.24) is 10.3 Å². The van der Waals surface area contributed by atoms with Gasteiger partial charge in [0, 0.05) is 31.4 Å².